The third-order valence-electron chi connectivity index (χ3n) is 5.36. The first-order valence-corrected chi connectivity index (χ1v) is 12.8. The van der Waals surface area contributed by atoms with Gasteiger partial charge in [-0.15, -0.1) is 12.4 Å². The van der Waals surface area contributed by atoms with Crippen LogP contribution in [0.15, 0.2) is 29.2 Å². The molecule has 0 saturated carbocycles. The SMILES string of the molecule is CCCCCCCCCCC[N+](C)(C)CCNS(=O)(=O)c1ccc(NC(C)=O)cc1.Cl. The molecule has 0 heterocycles. The summed E-state index contributed by atoms with van der Waals surface area (Å²) in [5, 5.41) is 2.63. The van der Waals surface area contributed by atoms with Crippen molar-refractivity contribution in [2.24, 2.45) is 0 Å². The van der Waals surface area contributed by atoms with Gasteiger partial charge in [0.1, 0.15) is 0 Å². The number of hydrogen-bond donors (Lipinski definition) is 2. The lowest BCUT2D eigenvalue weighted by Crippen LogP contribution is -2.45. The topological polar surface area (TPSA) is 75.3 Å². The van der Waals surface area contributed by atoms with Crippen molar-refractivity contribution in [1.82, 2.24) is 4.72 Å². The predicted molar refractivity (Wildman–Crippen MR) is 132 cm³/mol. The number of nitrogens with zero attached hydrogens (tertiary/aromatic N) is 1. The van der Waals surface area contributed by atoms with Crippen molar-refractivity contribution in [3.05, 3.63) is 24.3 Å². The summed E-state index contributed by atoms with van der Waals surface area (Å²) < 4.78 is 28.4. The maximum absolute atomic E-state index is 12.5. The first-order chi connectivity index (χ1) is 14.2. The lowest BCUT2D eigenvalue weighted by molar-refractivity contribution is -0.889. The minimum Gasteiger partial charge on any atom is -0.327 e. The number of hydrogen-bond acceptors (Lipinski definition) is 3. The number of quaternary nitrogens is 1. The summed E-state index contributed by atoms with van der Waals surface area (Å²) in [6.45, 7) is 5.88. The van der Waals surface area contributed by atoms with Crippen LogP contribution in [0.4, 0.5) is 5.69 Å². The molecule has 0 aliphatic rings. The van der Waals surface area contributed by atoms with Gasteiger partial charge in [-0.25, -0.2) is 13.1 Å². The summed E-state index contributed by atoms with van der Waals surface area (Å²) in [5.41, 5.74) is 0.584. The second-order valence-electron chi connectivity index (χ2n) is 8.81. The molecule has 0 fully saturated rings. The van der Waals surface area contributed by atoms with Crippen molar-refractivity contribution < 1.29 is 17.7 Å². The fourth-order valence-electron chi connectivity index (χ4n) is 3.45. The van der Waals surface area contributed by atoms with Gasteiger partial charge in [-0.2, -0.15) is 0 Å². The summed E-state index contributed by atoms with van der Waals surface area (Å²) in [5.74, 6) is -0.185. The Bertz CT molecular complexity index is 722. The minimum absolute atomic E-state index is 0. The summed E-state index contributed by atoms with van der Waals surface area (Å²) >= 11 is 0. The Labute approximate surface area is 196 Å². The maximum atomic E-state index is 12.5. The molecule has 31 heavy (non-hydrogen) atoms. The fraction of sp³-hybridized carbons (Fsp3) is 0.696. The fourth-order valence-corrected chi connectivity index (χ4v) is 4.47. The van der Waals surface area contributed by atoms with Crippen LogP contribution in [0.5, 0.6) is 0 Å². The maximum Gasteiger partial charge on any atom is 0.240 e. The molecule has 0 aromatic heterocycles. The standard InChI is InChI=1S/C23H41N3O3S.ClH/c1-5-6-7-8-9-10-11-12-13-19-26(3,4)20-18-24-30(28,29)23-16-14-22(15-17-23)25-21(2)27;/h14-17,24H,5-13,18-20H2,1-4H3;1H/p+1. The highest BCUT2D eigenvalue weighted by molar-refractivity contribution is 7.89. The molecular formula is C23H43ClN3O3S+. The van der Waals surface area contributed by atoms with Crippen LogP contribution in [-0.2, 0) is 14.8 Å². The lowest BCUT2D eigenvalue weighted by Gasteiger charge is -2.30. The Balaban J connectivity index is 0.00000900. The molecular weight excluding hydrogens is 434 g/mol. The van der Waals surface area contributed by atoms with Crippen LogP contribution in [-0.4, -0.2) is 52.5 Å². The summed E-state index contributed by atoms with van der Waals surface area (Å²) in [7, 11) is 0.765. The van der Waals surface area contributed by atoms with E-state index in [4.69, 9.17) is 0 Å². The van der Waals surface area contributed by atoms with Gasteiger partial charge in [-0.1, -0.05) is 51.9 Å². The van der Waals surface area contributed by atoms with Crippen molar-refractivity contribution in [3.63, 3.8) is 0 Å². The van der Waals surface area contributed by atoms with Crippen LogP contribution < -0.4 is 10.0 Å². The number of nitrogens with one attached hydrogen (secondary N) is 2. The molecule has 0 aliphatic carbocycles. The van der Waals surface area contributed by atoms with Gasteiger partial charge < -0.3 is 9.80 Å². The molecule has 0 atom stereocenters. The molecule has 2 N–H and O–H groups in total. The van der Waals surface area contributed by atoms with Crippen LogP contribution >= 0.6 is 12.4 Å². The van der Waals surface area contributed by atoms with Gasteiger partial charge in [-0.05, 0) is 37.1 Å². The van der Waals surface area contributed by atoms with Crippen LogP contribution in [0, 0.1) is 0 Å². The smallest absolute Gasteiger partial charge is 0.240 e. The van der Waals surface area contributed by atoms with E-state index in [1.54, 1.807) is 12.1 Å². The molecule has 6 nitrogen and oxygen atoms in total. The van der Waals surface area contributed by atoms with Crippen molar-refractivity contribution in [3.8, 4) is 0 Å². The van der Waals surface area contributed by atoms with E-state index in [1.807, 2.05) is 0 Å². The van der Waals surface area contributed by atoms with Gasteiger partial charge in [0.25, 0.3) is 0 Å². The number of benzene rings is 1. The van der Waals surface area contributed by atoms with Crippen LogP contribution in [0.25, 0.3) is 0 Å². The molecule has 1 rings (SSSR count). The average molecular weight is 477 g/mol. The van der Waals surface area contributed by atoms with E-state index < -0.39 is 10.0 Å². The van der Waals surface area contributed by atoms with Gasteiger partial charge >= 0.3 is 0 Å². The van der Waals surface area contributed by atoms with Crippen molar-refractivity contribution in [2.45, 2.75) is 76.5 Å². The molecule has 0 unspecified atom stereocenters. The van der Waals surface area contributed by atoms with E-state index in [2.05, 4.69) is 31.1 Å². The Morgan fingerprint density at radius 3 is 1.90 bits per heavy atom. The Hall–Kier alpha value is -1.15. The van der Waals surface area contributed by atoms with E-state index in [9.17, 15) is 13.2 Å². The second-order valence-corrected chi connectivity index (χ2v) is 10.6. The Kier molecular flexibility index (Phi) is 15.0. The van der Waals surface area contributed by atoms with Crippen molar-refractivity contribution >= 4 is 34.0 Å². The first kappa shape index (κ1) is 29.9. The average Bonchev–Trinajstić information content (AvgIpc) is 2.66. The van der Waals surface area contributed by atoms with Gasteiger partial charge in [-0.3, -0.25) is 4.79 Å². The van der Waals surface area contributed by atoms with Crippen molar-refractivity contribution in [1.29, 1.82) is 0 Å². The number of carbonyl (C=O) groups excluding carboxylic acids is 1. The zero-order valence-electron chi connectivity index (χ0n) is 19.8. The lowest BCUT2D eigenvalue weighted by atomic mass is 10.1. The number of anilines is 1. The van der Waals surface area contributed by atoms with Gasteiger partial charge in [0.15, 0.2) is 0 Å². The number of amides is 1. The normalized spacial score (nSPS) is 11.7. The Morgan fingerprint density at radius 1 is 0.871 bits per heavy atom. The zero-order valence-corrected chi connectivity index (χ0v) is 21.4. The van der Waals surface area contributed by atoms with Crippen LogP contribution in [0.3, 0.4) is 0 Å². The van der Waals surface area contributed by atoms with Crippen LogP contribution in [0.1, 0.15) is 71.6 Å². The highest BCUT2D eigenvalue weighted by Crippen LogP contribution is 2.14. The number of halogens is 1. The highest BCUT2D eigenvalue weighted by Gasteiger charge is 2.18. The van der Waals surface area contributed by atoms with Gasteiger partial charge in [0, 0.05) is 12.6 Å². The monoisotopic (exact) mass is 476 g/mol. The van der Waals surface area contributed by atoms with E-state index in [0.29, 0.717) is 12.2 Å². The highest BCUT2D eigenvalue weighted by atomic mass is 35.5. The number of sulfonamides is 1. The molecule has 1 aromatic rings. The molecule has 0 spiro atoms. The van der Waals surface area contributed by atoms with Crippen LogP contribution in [0.2, 0.25) is 0 Å². The molecule has 0 radical (unpaired) electrons. The van der Waals surface area contributed by atoms with Gasteiger partial charge in [0.05, 0.1) is 38.6 Å². The summed E-state index contributed by atoms with van der Waals surface area (Å²) in [6.07, 6.45) is 11.8. The minimum atomic E-state index is -3.54. The summed E-state index contributed by atoms with van der Waals surface area (Å²) in [6, 6.07) is 6.21. The second kappa shape index (κ2) is 15.6. The molecule has 1 amide bonds. The molecule has 8 heteroatoms. The third-order valence-corrected chi connectivity index (χ3v) is 6.84. The number of carbonyl (C=O) groups is 1. The molecule has 0 saturated heterocycles. The quantitative estimate of drug-likeness (QED) is 0.262. The third kappa shape index (κ3) is 13.8. The van der Waals surface area contributed by atoms with E-state index >= 15 is 0 Å². The molecule has 1 aromatic carbocycles. The number of unbranched alkanes of at least 4 members (excludes halogenated alkanes) is 8. The predicted octanol–water partition coefficient (Wildman–Crippen LogP) is 4.95. The molecule has 0 aliphatic heterocycles. The van der Waals surface area contributed by atoms with E-state index in [1.165, 1.54) is 76.8 Å². The van der Waals surface area contributed by atoms with Gasteiger partial charge in [0.2, 0.25) is 15.9 Å². The summed E-state index contributed by atoms with van der Waals surface area (Å²) in [4.78, 5) is 11.3. The Morgan fingerprint density at radius 2 is 1.39 bits per heavy atom. The molecule has 180 valence electrons. The number of likely N-dealkylation sites (N-methyl/N-ethyl adjacent to an activating group) is 1. The van der Waals surface area contributed by atoms with E-state index in [0.717, 1.165) is 17.6 Å². The van der Waals surface area contributed by atoms with Crippen molar-refractivity contribution in [2.75, 3.05) is 39.0 Å². The largest absolute Gasteiger partial charge is 0.327 e. The zero-order chi connectivity index (χ0) is 22.5. The first-order valence-electron chi connectivity index (χ1n) is 11.4. The number of rotatable bonds is 16. The molecule has 0 bridgehead atoms. The van der Waals surface area contributed by atoms with E-state index in [-0.39, 0.29) is 23.2 Å².